The molecule has 4 aromatic heterocycles. The quantitative estimate of drug-likeness (QED) is 0.247. The summed E-state index contributed by atoms with van der Waals surface area (Å²) < 4.78 is 26.5. The van der Waals surface area contributed by atoms with E-state index in [1.165, 1.54) is 6.07 Å². The SMILES string of the molecule is Cc1ccc2c(n1)c1ccccc1n2-c1c(F)ccc2c1oc1c(-c3cccc[n+]3C)c(C)ccc12. The van der Waals surface area contributed by atoms with Gasteiger partial charge in [-0.2, -0.15) is 0 Å². The maximum absolute atomic E-state index is 15.8. The van der Waals surface area contributed by atoms with Gasteiger partial charge in [-0.15, -0.1) is 0 Å². The summed E-state index contributed by atoms with van der Waals surface area (Å²) in [6, 6.07) is 25.6. The van der Waals surface area contributed by atoms with E-state index >= 15 is 4.39 Å². The van der Waals surface area contributed by atoms with Crippen LogP contribution in [0.3, 0.4) is 0 Å². The first-order valence-corrected chi connectivity index (χ1v) is 12.0. The number of pyridine rings is 2. The van der Waals surface area contributed by atoms with Crippen LogP contribution in [0.25, 0.3) is 60.8 Å². The lowest BCUT2D eigenvalue weighted by Gasteiger charge is -2.09. The largest absolute Gasteiger partial charge is 0.453 e. The lowest BCUT2D eigenvalue weighted by atomic mass is 10.0. The van der Waals surface area contributed by atoms with Gasteiger partial charge in [-0.05, 0) is 55.8 Å². The number of nitrogens with zero attached hydrogens (tertiary/aromatic N) is 3. The molecule has 0 bridgehead atoms. The van der Waals surface area contributed by atoms with Crippen molar-refractivity contribution in [3.63, 3.8) is 0 Å². The van der Waals surface area contributed by atoms with Crippen LogP contribution in [0, 0.1) is 19.7 Å². The third-order valence-corrected chi connectivity index (χ3v) is 7.13. The Morgan fingerprint density at radius 2 is 1.56 bits per heavy atom. The minimum absolute atomic E-state index is 0.340. The highest BCUT2D eigenvalue weighted by atomic mass is 19.1. The molecule has 0 amide bonds. The van der Waals surface area contributed by atoms with Crippen LogP contribution in [0.15, 0.2) is 89.5 Å². The van der Waals surface area contributed by atoms with Crippen LogP contribution in [0.5, 0.6) is 0 Å². The molecule has 174 valence electrons. The van der Waals surface area contributed by atoms with Crippen molar-refractivity contribution in [2.45, 2.75) is 13.8 Å². The lowest BCUT2D eigenvalue weighted by molar-refractivity contribution is -0.660. The summed E-state index contributed by atoms with van der Waals surface area (Å²) in [6.45, 7) is 4.05. The Labute approximate surface area is 206 Å². The molecule has 0 saturated carbocycles. The monoisotopic (exact) mass is 472 g/mol. The van der Waals surface area contributed by atoms with E-state index in [1.54, 1.807) is 0 Å². The van der Waals surface area contributed by atoms with Gasteiger partial charge in [0.05, 0.1) is 22.1 Å². The number of rotatable bonds is 2. The fourth-order valence-corrected chi connectivity index (χ4v) is 5.44. The van der Waals surface area contributed by atoms with E-state index in [9.17, 15) is 0 Å². The minimum atomic E-state index is -0.340. The number of para-hydroxylation sites is 1. The smallest absolute Gasteiger partial charge is 0.216 e. The third-order valence-electron chi connectivity index (χ3n) is 7.13. The number of hydrogen-bond acceptors (Lipinski definition) is 2. The van der Waals surface area contributed by atoms with Crippen LogP contribution in [-0.4, -0.2) is 9.55 Å². The first-order valence-electron chi connectivity index (χ1n) is 12.0. The summed E-state index contributed by atoms with van der Waals surface area (Å²) >= 11 is 0. The number of halogens is 1. The number of aromatic nitrogens is 3. The van der Waals surface area contributed by atoms with Crippen molar-refractivity contribution in [2.24, 2.45) is 7.05 Å². The molecule has 5 heteroatoms. The van der Waals surface area contributed by atoms with E-state index in [4.69, 9.17) is 9.40 Å². The topological polar surface area (TPSA) is 34.8 Å². The summed E-state index contributed by atoms with van der Waals surface area (Å²) in [4.78, 5) is 4.80. The molecule has 0 fully saturated rings. The lowest BCUT2D eigenvalue weighted by Crippen LogP contribution is -2.30. The van der Waals surface area contributed by atoms with Crippen molar-refractivity contribution < 1.29 is 13.4 Å². The fourth-order valence-electron chi connectivity index (χ4n) is 5.44. The van der Waals surface area contributed by atoms with Gasteiger partial charge >= 0.3 is 0 Å². The first-order chi connectivity index (χ1) is 17.5. The van der Waals surface area contributed by atoms with E-state index in [0.29, 0.717) is 11.3 Å². The Hall–Kier alpha value is -4.51. The zero-order chi connectivity index (χ0) is 24.6. The highest BCUT2D eigenvalue weighted by Crippen LogP contribution is 2.41. The van der Waals surface area contributed by atoms with Gasteiger partial charge in [0.25, 0.3) is 0 Å². The Balaban J connectivity index is 1.65. The summed E-state index contributed by atoms with van der Waals surface area (Å²) in [6.07, 6.45) is 2.02. The molecule has 0 N–H and O–H groups in total. The predicted molar refractivity (Wildman–Crippen MR) is 142 cm³/mol. The average Bonchev–Trinajstić information content (AvgIpc) is 3.40. The average molecular weight is 473 g/mol. The fraction of sp³-hybridized carbons (Fsp3) is 0.0968. The van der Waals surface area contributed by atoms with E-state index in [2.05, 4.69) is 29.7 Å². The highest BCUT2D eigenvalue weighted by molar-refractivity contribution is 6.14. The van der Waals surface area contributed by atoms with E-state index in [1.807, 2.05) is 79.3 Å². The molecule has 36 heavy (non-hydrogen) atoms. The van der Waals surface area contributed by atoms with Crippen molar-refractivity contribution in [3.05, 3.63) is 102 Å². The summed E-state index contributed by atoms with van der Waals surface area (Å²) in [5, 5.41) is 2.83. The molecule has 3 aromatic carbocycles. The standard InChI is InChI=1S/C31H23FN3O/c1-18-11-13-20-21-14-15-23(32)29(31(21)36-30(20)27(18)25-10-6-7-17-34(25)3)35-24-9-5-4-8-22(24)28-26(35)16-12-19(2)33-28/h4-17H,1-3H3/q+1. The molecular formula is C31H23FN3O+. The summed E-state index contributed by atoms with van der Waals surface area (Å²) in [7, 11) is 2.02. The molecule has 0 radical (unpaired) electrons. The first kappa shape index (κ1) is 20.8. The molecule has 0 aliphatic heterocycles. The van der Waals surface area contributed by atoms with Gasteiger partial charge in [0.15, 0.2) is 17.6 Å². The Bertz CT molecular complexity index is 2000. The van der Waals surface area contributed by atoms with Crippen molar-refractivity contribution in [2.75, 3.05) is 0 Å². The zero-order valence-electron chi connectivity index (χ0n) is 20.2. The predicted octanol–water partition coefficient (Wildman–Crippen LogP) is 7.33. The van der Waals surface area contributed by atoms with Crippen molar-refractivity contribution in [1.29, 1.82) is 0 Å². The molecule has 0 unspecified atom stereocenters. The Morgan fingerprint density at radius 3 is 2.42 bits per heavy atom. The summed E-state index contributed by atoms with van der Waals surface area (Å²) in [5.74, 6) is -0.340. The molecule has 0 saturated heterocycles. The number of aryl methyl sites for hydroxylation is 3. The van der Waals surface area contributed by atoms with Crippen LogP contribution in [0.2, 0.25) is 0 Å². The third kappa shape index (κ3) is 2.80. The van der Waals surface area contributed by atoms with Gasteiger partial charge in [0.1, 0.15) is 18.3 Å². The molecule has 0 aliphatic carbocycles. The minimum Gasteiger partial charge on any atom is -0.453 e. The van der Waals surface area contributed by atoms with Gasteiger partial charge in [-0.3, -0.25) is 4.98 Å². The van der Waals surface area contributed by atoms with E-state index in [0.717, 1.165) is 60.8 Å². The van der Waals surface area contributed by atoms with Crippen molar-refractivity contribution >= 4 is 43.9 Å². The van der Waals surface area contributed by atoms with E-state index < -0.39 is 0 Å². The maximum atomic E-state index is 15.8. The molecule has 0 spiro atoms. The van der Waals surface area contributed by atoms with Crippen molar-refractivity contribution in [1.82, 2.24) is 9.55 Å². The molecule has 7 rings (SSSR count). The van der Waals surface area contributed by atoms with Crippen LogP contribution in [0.1, 0.15) is 11.3 Å². The van der Waals surface area contributed by atoms with Gasteiger partial charge < -0.3 is 8.98 Å². The van der Waals surface area contributed by atoms with Crippen LogP contribution < -0.4 is 4.57 Å². The van der Waals surface area contributed by atoms with Crippen LogP contribution in [0.4, 0.5) is 4.39 Å². The van der Waals surface area contributed by atoms with Crippen molar-refractivity contribution in [3.8, 4) is 16.9 Å². The Morgan fingerprint density at radius 1 is 0.778 bits per heavy atom. The van der Waals surface area contributed by atoms with Gasteiger partial charge in [0.2, 0.25) is 5.69 Å². The normalized spacial score (nSPS) is 11.9. The van der Waals surface area contributed by atoms with E-state index in [-0.39, 0.29) is 5.82 Å². The maximum Gasteiger partial charge on any atom is 0.216 e. The molecular weight excluding hydrogens is 449 g/mol. The van der Waals surface area contributed by atoms with Crippen LogP contribution in [-0.2, 0) is 7.05 Å². The Kier molecular flexibility index (Phi) is 4.33. The number of hydrogen-bond donors (Lipinski definition) is 0. The van der Waals surface area contributed by atoms with Gasteiger partial charge in [0, 0.05) is 34.0 Å². The van der Waals surface area contributed by atoms with Gasteiger partial charge in [-0.25, -0.2) is 8.96 Å². The summed E-state index contributed by atoms with van der Waals surface area (Å²) in [5.41, 5.74) is 8.35. The number of furan rings is 1. The second kappa shape index (κ2) is 7.49. The zero-order valence-corrected chi connectivity index (χ0v) is 20.2. The molecule has 0 aliphatic rings. The number of benzene rings is 3. The second-order valence-electron chi connectivity index (χ2n) is 9.38. The molecule has 4 nitrogen and oxygen atoms in total. The van der Waals surface area contributed by atoms with Crippen LogP contribution >= 0.6 is 0 Å². The second-order valence-corrected chi connectivity index (χ2v) is 9.38. The molecule has 0 atom stereocenters. The number of fused-ring (bicyclic) bond motifs is 6. The molecule has 7 aromatic rings. The highest BCUT2D eigenvalue weighted by Gasteiger charge is 2.25. The van der Waals surface area contributed by atoms with Gasteiger partial charge in [-0.1, -0.05) is 30.3 Å². The molecule has 4 heterocycles.